The van der Waals surface area contributed by atoms with Crippen molar-refractivity contribution in [3.05, 3.63) is 0 Å². The zero-order valence-corrected chi connectivity index (χ0v) is 10.9. The Bertz CT molecular complexity index is 295. The molecule has 0 aromatic rings. The van der Waals surface area contributed by atoms with Crippen molar-refractivity contribution in [1.29, 1.82) is 0 Å². The minimum absolute atomic E-state index is 0.290. The van der Waals surface area contributed by atoms with Gasteiger partial charge in [-0.15, -0.1) is 0 Å². The fourth-order valence-electron chi connectivity index (χ4n) is 1.02. The topological polar surface area (TPSA) is 114 Å². The molecule has 0 fully saturated rings. The van der Waals surface area contributed by atoms with Crippen LogP contribution in [0.2, 0.25) is 0 Å². The fourth-order valence-corrected chi connectivity index (χ4v) is 1.02. The lowest BCUT2D eigenvalue weighted by Crippen LogP contribution is -2.42. The van der Waals surface area contributed by atoms with Gasteiger partial charge in [0.05, 0.1) is 6.61 Å². The first kappa shape index (κ1) is 17.3. The summed E-state index contributed by atoms with van der Waals surface area (Å²) in [6.07, 6.45) is 2.00. The maximum absolute atomic E-state index is 11.2. The second-order valence-electron chi connectivity index (χ2n) is 3.66. The van der Waals surface area contributed by atoms with Gasteiger partial charge >= 0.3 is 12.0 Å². The first-order valence-electron chi connectivity index (χ1n) is 6.01. The molecule has 0 atom stereocenters. The second-order valence-corrected chi connectivity index (χ2v) is 3.66. The van der Waals surface area contributed by atoms with Crippen LogP contribution in [0.25, 0.3) is 0 Å². The van der Waals surface area contributed by atoms with Crippen LogP contribution in [0, 0.1) is 0 Å². The number of nitrogens with one attached hydrogen (secondary N) is 2. The maximum Gasteiger partial charge on any atom is 0.329 e. The SMILES string of the molecule is CCCCOCCNC(=O)NC(=O)COCC(=O)O. The molecule has 0 bridgehead atoms. The Morgan fingerprint density at radius 3 is 2.47 bits per heavy atom. The number of aliphatic carboxylic acids is 1. The summed E-state index contributed by atoms with van der Waals surface area (Å²) in [5.41, 5.74) is 0. The average Bonchev–Trinajstić information content (AvgIpc) is 2.33. The number of hydrogen-bond donors (Lipinski definition) is 3. The summed E-state index contributed by atoms with van der Waals surface area (Å²) in [5, 5.41) is 12.7. The number of carboxylic acids is 1. The molecule has 110 valence electrons. The highest BCUT2D eigenvalue weighted by atomic mass is 16.5. The van der Waals surface area contributed by atoms with Gasteiger partial charge in [-0.25, -0.2) is 9.59 Å². The number of imide groups is 1. The average molecular weight is 276 g/mol. The summed E-state index contributed by atoms with van der Waals surface area (Å²) in [6, 6.07) is -0.664. The van der Waals surface area contributed by atoms with Crippen molar-refractivity contribution in [2.24, 2.45) is 0 Å². The smallest absolute Gasteiger partial charge is 0.329 e. The number of rotatable bonds is 10. The standard InChI is InChI=1S/C11H20N2O6/c1-2-3-5-18-6-4-12-11(17)13-9(14)7-19-8-10(15)16/h2-8H2,1H3,(H,15,16)(H2,12,13,14,17). The van der Waals surface area contributed by atoms with E-state index in [1.165, 1.54) is 0 Å². The van der Waals surface area contributed by atoms with Gasteiger partial charge in [0.25, 0.3) is 5.91 Å². The predicted octanol–water partition coefficient (Wildman–Crippen LogP) is -0.270. The Morgan fingerprint density at radius 1 is 1.11 bits per heavy atom. The third kappa shape index (κ3) is 12.6. The molecule has 19 heavy (non-hydrogen) atoms. The van der Waals surface area contributed by atoms with Crippen LogP contribution in [0.5, 0.6) is 0 Å². The van der Waals surface area contributed by atoms with Crippen molar-refractivity contribution in [3.8, 4) is 0 Å². The van der Waals surface area contributed by atoms with Gasteiger partial charge in [-0.05, 0) is 6.42 Å². The number of carbonyl (C=O) groups excluding carboxylic acids is 2. The van der Waals surface area contributed by atoms with Crippen molar-refractivity contribution in [2.75, 3.05) is 33.0 Å². The summed E-state index contributed by atoms with van der Waals surface area (Å²) < 4.78 is 9.71. The number of carbonyl (C=O) groups is 3. The molecule has 0 saturated heterocycles. The highest BCUT2D eigenvalue weighted by Crippen LogP contribution is 1.86. The Balaban J connectivity index is 3.46. The zero-order valence-electron chi connectivity index (χ0n) is 10.9. The number of urea groups is 1. The molecule has 0 aromatic carbocycles. The van der Waals surface area contributed by atoms with Gasteiger partial charge in [0, 0.05) is 13.2 Å². The van der Waals surface area contributed by atoms with E-state index in [9.17, 15) is 14.4 Å². The van der Waals surface area contributed by atoms with E-state index in [0.29, 0.717) is 19.8 Å². The van der Waals surface area contributed by atoms with Gasteiger partial charge in [0.15, 0.2) is 0 Å². The van der Waals surface area contributed by atoms with E-state index in [1.807, 2.05) is 12.2 Å². The number of hydrogen-bond acceptors (Lipinski definition) is 5. The highest BCUT2D eigenvalue weighted by molar-refractivity contribution is 5.94. The molecule has 0 rings (SSSR count). The zero-order chi connectivity index (χ0) is 14.5. The third-order valence-corrected chi connectivity index (χ3v) is 1.89. The molecule has 0 unspecified atom stereocenters. The summed E-state index contributed by atoms with van der Waals surface area (Å²) in [4.78, 5) is 32.4. The molecule has 3 N–H and O–H groups in total. The van der Waals surface area contributed by atoms with Crippen LogP contribution >= 0.6 is 0 Å². The van der Waals surface area contributed by atoms with E-state index in [0.717, 1.165) is 12.8 Å². The maximum atomic E-state index is 11.2. The van der Waals surface area contributed by atoms with Crippen LogP contribution in [-0.2, 0) is 19.1 Å². The molecule has 0 radical (unpaired) electrons. The second kappa shape index (κ2) is 11.4. The van der Waals surface area contributed by atoms with E-state index in [1.54, 1.807) is 0 Å². The quantitative estimate of drug-likeness (QED) is 0.473. The molecular formula is C11H20N2O6. The van der Waals surface area contributed by atoms with Crippen LogP contribution < -0.4 is 10.6 Å². The van der Waals surface area contributed by atoms with E-state index >= 15 is 0 Å². The van der Waals surface area contributed by atoms with Gasteiger partial charge < -0.3 is 19.9 Å². The molecule has 0 aliphatic rings. The summed E-state index contributed by atoms with van der Waals surface area (Å²) in [6.45, 7) is 2.29. The fraction of sp³-hybridized carbons (Fsp3) is 0.727. The monoisotopic (exact) mass is 276 g/mol. The minimum atomic E-state index is -1.18. The van der Waals surface area contributed by atoms with Crippen LogP contribution in [0.4, 0.5) is 4.79 Å². The molecule has 0 heterocycles. The predicted molar refractivity (Wildman–Crippen MR) is 65.7 cm³/mol. The Labute approximate surface area is 111 Å². The molecule has 3 amide bonds. The lowest BCUT2D eigenvalue weighted by Gasteiger charge is -2.07. The van der Waals surface area contributed by atoms with Crippen molar-refractivity contribution < 1.29 is 29.0 Å². The van der Waals surface area contributed by atoms with Gasteiger partial charge in [-0.2, -0.15) is 0 Å². The van der Waals surface area contributed by atoms with Gasteiger partial charge in [-0.3, -0.25) is 10.1 Å². The lowest BCUT2D eigenvalue weighted by atomic mass is 10.4. The van der Waals surface area contributed by atoms with Crippen LogP contribution in [0.15, 0.2) is 0 Å². The van der Waals surface area contributed by atoms with Crippen LogP contribution in [0.1, 0.15) is 19.8 Å². The van der Waals surface area contributed by atoms with Crippen molar-refractivity contribution in [2.45, 2.75) is 19.8 Å². The van der Waals surface area contributed by atoms with Gasteiger partial charge in [-0.1, -0.05) is 13.3 Å². The highest BCUT2D eigenvalue weighted by Gasteiger charge is 2.07. The number of amides is 3. The first-order valence-corrected chi connectivity index (χ1v) is 6.01. The van der Waals surface area contributed by atoms with E-state index < -0.39 is 31.1 Å². The molecule has 0 aliphatic heterocycles. The Morgan fingerprint density at radius 2 is 1.84 bits per heavy atom. The minimum Gasteiger partial charge on any atom is -0.480 e. The van der Waals surface area contributed by atoms with Crippen LogP contribution in [0.3, 0.4) is 0 Å². The molecule has 8 nitrogen and oxygen atoms in total. The van der Waals surface area contributed by atoms with Gasteiger partial charge in [0.1, 0.15) is 13.2 Å². The van der Waals surface area contributed by atoms with Crippen molar-refractivity contribution in [1.82, 2.24) is 10.6 Å². The van der Waals surface area contributed by atoms with E-state index in [2.05, 4.69) is 10.1 Å². The van der Waals surface area contributed by atoms with E-state index in [-0.39, 0.29) is 0 Å². The largest absolute Gasteiger partial charge is 0.480 e. The van der Waals surface area contributed by atoms with Crippen molar-refractivity contribution in [3.63, 3.8) is 0 Å². The third-order valence-electron chi connectivity index (χ3n) is 1.89. The molecular weight excluding hydrogens is 256 g/mol. The molecule has 0 spiro atoms. The first-order chi connectivity index (χ1) is 9.06. The normalized spacial score (nSPS) is 9.95. The van der Waals surface area contributed by atoms with Crippen LogP contribution in [-0.4, -0.2) is 56.0 Å². The van der Waals surface area contributed by atoms with Crippen molar-refractivity contribution >= 4 is 17.9 Å². The van der Waals surface area contributed by atoms with E-state index in [4.69, 9.17) is 9.84 Å². The van der Waals surface area contributed by atoms with Gasteiger partial charge in [0.2, 0.25) is 0 Å². The molecule has 0 saturated carbocycles. The summed E-state index contributed by atoms with van der Waals surface area (Å²) >= 11 is 0. The molecule has 0 aliphatic carbocycles. The number of carboxylic acid groups (broad SMARTS) is 1. The molecule has 8 heteroatoms. The number of ether oxygens (including phenoxy) is 2. The Kier molecular flexibility index (Phi) is 10.4. The Hall–Kier alpha value is -1.67. The summed E-state index contributed by atoms with van der Waals surface area (Å²) in [7, 11) is 0. The molecule has 0 aromatic heterocycles. The lowest BCUT2D eigenvalue weighted by molar-refractivity contribution is -0.143. The number of unbranched alkanes of at least 4 members (excludes halogenated alkanes) is 1. The summed E-state index contributed by atoms with van der Waals surface area (Å²) in [5.74, 6) is -1.88.